The number of hydrogen-bond acceptors (Lipinski definition) is 5. The average molecular weight is 468 g/mol. The van der Waals surface area contributed by atoms with E-state index in [2.05, 4.69) is 17.3 Å². The van der Waals surface area contributed by atoms with E-state index in [0.29, 0.717) is 35.8 Å². The Morgan fingerprint density at radius 2 is 1.83 bits per heavy atom. The number of carbonyl (C=O) groups is 2. The van der Waals surface area contributed by atoms with E-state index in [4.69, 9.17) is 9.52 Å². The van der Waals surface area contributed by atoms with Crippen molar-refractivity contribution in [3.63, 3.8) is 0 Å². The lowest BCUT2D eigenvalue weighted by Gasteiger charge is -2.33. The van der Waals surface area contributed by atoms with Crippen molar-refractivity contribution in [2.45, 2.75) is 38.1 Å². The average Bonchev–Trinajstić information content (AvgIpc) is 3.55. The van der Waals surface area contributed by atoms with Crippen molar-refractivity contribution >= 4 is 29.1 Å². The summed E-state index contributed by atoms with van der Waals surface area (Å²) in [7, 11) is 0. The first-order valence-electron chi connectivity index (χ1n) is 11.9. The third kappa shape index (κ3) is 3.71. The molecular formula is C27H25N5O3. The Kier molecular flexibility index (Phi) is 5.02. The zero-order valence-electron chi connectivity index (χ0n) is 19.3. The van der Waals surface area contributed by atoms with Crippen LogP contribution in [0.1, 0.15) is 38.2 Å². The predicted molar refractivity (Wildman–Crippen MR) is 132 cm³/mol. The monoisotopic (exact) mass is 467 g/mol. The smallest absolute Gasteiger partial charge is 0.346 e. The van der Waals surface area contributed by atoms with Crippen LogP contribution in [-0.4, -0.2) is 38.5 Å². The number of fused-ring (bicyclic) bond motifs is 1. The van der Waals surface area contributed by atoms with Gasteiger partial charge in [-0.15, -0.1) is 5.01 Å². The van der Waals surface area contributed by atoms with E-state index >= 15 is 0 Å². The topological polar surface area (TPSA) is 92.7 Å². The third-order valence-corrected chi connectivity index (χ3v) is 7.00. The number of rotatable bonds is 4. The molecule has 8 heteroatoms. The van der Waals surface area contributed by atoms with Gasteiger partial charge < -0.3 is 9.73 Å². The Bertz CT molecular complexity index is 1410. The molecule has 35 heavy (non-hydrogen) atoms. The second-order valence-corrected chi connectivity index (χ2v) is 9.42. The highest BCUT2D eigenvalue weighted by Gasteiger charge is 2.52. The molecule has 1 saturated carbocycles. The lowest BCUT2D eigenvalue weighted by molar-refractivity contribution is -0.132. The van der Waals surface area contributed by atoms with Crippen LogP contribution in [0.3, 0.4) is 0 Å². The second kappa shape index (κ2) is 8.23. The fourth-order valence-corrected chi connectivity index (χ4v) is 4.91. The zero-order chi connectivity index (χ0) is 24.0. The maximum Gasteiger partial charge on any atom is 0.346 e. The Balaban J connectivity index is 1.37. The molecular weight excluding hydrogens is 442 g/mol. The first-order chi connectivity index (χ1) is 17.0. The lowest BCUT2D eigenvalue weighted by atomic mass is 9.77. The van der Waals surface area contributed by atoms with Gasteiger partial charge in [0.05, 0.1) is 11.9 Å². The molecule has 1 aliphatic heterocycles. The number of hydrazone groups is 1. The molecule has 176 valence electrons. The van der Waals surface area contributed by atoms with Gasteiger partial charge in [-0.3, -0.25) is 4.79 Å². The highest BCUT2D eigenvalue weighted by atomic mass is 16.3. The summed E-state index contributed by atoms with van der Waals surface area (Å²) in [6.07, 6.45) is 6.42. The number of benzene rings is 2. The number of imide groups is 1. The summed E-state index contributed by atoms with van der Waals surface area (Å²) in [5.74, 6) is 0.849. The summed E-state index contributed by atoms with van der Waals surface area (Å²) in [5, 5.41) is 13.9. The van der Waals surface area contributed by atoms with Crippen LogP contribution in [0.2, 0.25) is 0 Å². The van der Waals surface area contributed by atoms with E-state index in [0.717, 1.165) is 34.5 Å². The molecule has 0 bridgehead atoms. The van der Waals surface area contributed by atoms with Crippen LogP contribution >= 0.6 is 0 Å². The molecule has 3 amide bonds. The van der Waals surface area contributed by atoms with Crippen molar-refractivity contribution in [1.29, 1.82) is 0 Å². The number of furan rings is 1. The van der Waals surface area contributed by atoms with Gasteiger partial charge in [-0.2, -0.15) is 10.2 Å². The van der Waals surface area contributed by atoms with Crippen molar-refractivity contribution in [1.82, 2.24) is 20.1 Å². The summed E-state index contributed by atoms with van der Waals surface area (Å²) in [4.78, 5) is 25.9. The Labute approximate surface area is 202 Å². The molecule has 0 unspecified atom stereocenters. The van der Waals surface area contributed by atoms with Crippen LogP contribution in [0.4, 0.5) is 4.79 Å². The van der Waals surface area contributed by atoms with Crippen LogP contribution in [-0.2, 0) is 4.79 Å². The van der Waals surface area contributed by atoms with Crippen LogP contribution in [0.15, 0.2) is 76.4 Å². The number of nitrogens with zero attached hydrogens (tertiary/aromatic N) is 4. The number of nitrogens with one attached hydrogen (secondary N) is 1. The largest absolute Gasteiger partial charge is 0.454 e. The molecule has 4 aromatic rings. The predicted octanol–water partition coefficient (Wildman–Crippen LogP) is 5.12. The number of hydrogen-bond donors (Lipinski definition) is 1. The van der Waals surface area contributed by atoms with Crippen LogP contribution < -0.4 is 5.32 Å². The summed E-state index contributed by atoms with van der Waals surface area (Å²) in [6.45, 7) is 2.17. The SMILES string of the molecule is CC1CCC2(CC1)NC(=O)N(/N=C\c1cn(-c3ccccc3)nc1-c1cc3ccccc3o1)C2=O. The minimum atomic E-state index is -0.837. The first-order valence-corrected chi connectivity index (χ1v) is 11.9. The molecule has 1 N–H and O–H groups in total. The second-order valence-electron chi connectivity index (χ2n) is 9.42. The number of aromatic nitrogens is 2. The number of carbonyl (C=O) groups excluding carboxylic acids is 2. The van der Waals surface area contributed by atoms with E-state index in [1.54, 1.807) is 4.68 Å². The fraction of sp³-hybridized carbons (Fsp3) is 0.259. The standard InChI is InChI=1S/C27H25N5O3/c1-18-11-13-27(14-12-18)25(33)32(26(34)29-27)28-16-20-17-31(21-8-3-2-4-9-21)30-24(20)23-15-19-7-5-6-10-22(19)35-23/h2-10,15-18H,11-14H2,1H3,(H,29,34)/b28-16-. The van der Waals surface area contributed by atoms with E-state index in [1.807, 2.05) is 66.9 Å². The molecule has 8 nitrogen and oxygen atoms in total. The van der Waals surface area contributed by atoms with E-state index in [-0.39, 0.29) is 5.91 Å². The minimum absolute atomic E-state index is 0.286. The number of amides is 3. The Hall–Kier alpha value is -4.20. The van der Waals surface area contributed by atoms with Gasteiger partial charge in [0.2, 0.25) is 0 Å². The Morgan fingerprint density at radius 3 is 2.60 bits per heavy atom. The van der Waals surface area contributed by atoms with Crippen molar-refractivity contribution in [3.05, 3.63) is 72.4 Å². The molecule has 2 aromatic carbocycles. The molecule has 2 aliphatic rings. The van der Waals surface area contributed by atoms with Crippen molar-refractivity contribution in [2.24, 2.45) is 11.0 Å². The van der Waals surface area contributed by atoms with Crippen molar-refractivity contribution in [3.8, 4) is 17.1 Å². The fourth-order valence-electron chi connectivity index (χ4n) is 4.91. The van der Waals surface area contributed by atoms with Crippen molar-refractivity contribution < 1.29 is 14.0 Å². The molecule has 1 spiro atoms. The molecule has 1 saturated heterocycles. The minimum Gasteiger partial charge on any atom is -0.454 e. The molecule has 3 heterocycles. The van der Waals surface area contributed by atoms with Crippen molar-refractivity contribution in [2.75, 3.05) is 0 Å². The van der Waals surface area contributed by atoms with E-state index < -0.39 is 11.6 Å². The van der Waals surface area contributed by atoms with E-state index in [9.17, 15) is 9.59 Å². The molecule has 6 rings (SSSR count). The van der Waals surface area contributed by atoms with Gasteiger partial charge in [0, 0.05) is 17.1 Å². The Morgan fingerprint density at radius 1 is 1.09 bits per heavy atom. The quantitative estimate of drug-likeness (QED) is 0.333. The molecule has 1 aliphatic carbocycles. The maximum atomic E-state index is 13.2. The van der Waals surface area contributed by atoms with Gasteiger partial charge in [-0.1, -0.05) is 43.3 Å². The van der Waals surface area contributed by atoms with Crippen LogP contribution in [0.25, 0.3) is 28.1 Å². The normalized spacial score (nSPS) is 22.5. The van der Waals surface area contributed by atoms with Crippen LogP contribution in [0.5, 0.6) is 0 Å². The van der Waals surface area contributed by atoms with Gasteiger partial charge in [0.15, 0.2) is 5.76 Å². The first kappa shape index (κ1) is 21.3. The van der Waals surface area contributed by atoms with Gasteiger partial charge in [-0.25, -0.2) is 9.48 Å². The summed E-state index contributed by atoms with van der Waals surface area (Å²) < 4.78 is 7.80. The van der Waals surface area contributed by atoms with Gasteiger partial charge in [0.1, 0.15) is 16.8 Å². The van der Waals surface area contributed by atoms with Crippen LogP contribution in [0, 0.1) is 5.92 Å². The van der Waals surface area contributed by atoms with Gasteiger partial charge in [0.25, 0.3) is 5.91 Å². The van der Waals surface area contributed by atoms with Gasteiger partial charge in [-0.05, 0) is 55.9 Å². The van der Waals surface area contributed by atoms with E-state index in [1.165, 1.54) is 6.21 Å². The lowest BCUT2D eigenvalue weighted by Crippen LogP contribution is -2.49. The highest BCUT2D eigenvalue weighted by Crippen LogP contribution is 2.36. The third-order valence-electron chi connectivity index (χ3n) is 7.00. The molecule has 2 aromatic heterocycles. The number of urea groups is 1. The van der Waals surface area contributed by atoms with Gasteiger partial charge >= 0.3 is 6.03 Å². The highest BCUT2D eigenvalue weighted by molar-refractivity contribution is 6.07. The molecule has 2 fully saturated rings. The summed E-state index contributed by atoms with van der Waals surface area (Å²) >= 11 is 0. The zero-order valence-corrected chi connectivity index (χ0v) is 19.3. The number of para-hydroxylation sites is 2. The summed E-state index contributed by atoms with van der Waals surface area (Å²) in [5.41, 5.74) is 1.99. The maximum absolute atomic E-state index is 13.2. The molecule has 0 radical (unpaired) electrons. The summed E-state index contributed by atoms with van der Waals surface area (Å²) in [6, 6.07) is 18.9. The molecule has 0 atom stereocenters.